The maximum Gasteiger partial charge on any atom is 0.252 e. The van der Waals surface area contributed by atoms with Crippen LogP contribution in [0.5, 0.6) is 23.0 Å². The molecule has 98 heavy (non-hydrogen) atoms. The van der Waals surface area contributed by atoms with E-state index in [0.29, 0.717) is 0 Å². The zero-order valence-corrected chi connectivity index (χ0v) is 53.1. The van der Waals surface area contributed by atoms with E-state index >= 15 is 0 Å². The van der Waals surface area contributed by atoms with E-state index in [4.69, 9.17) is 9.47 Å². The molecule has 458 valence electrons. The molecular formula is C90H58BN5O2. The molecule has 5 heterocycles. The molecule has 0 radical (unpaired) electrons. The zero-order valence-electron chi connectivity index (χ0n) is 53.1. The number of para-hydroxylation sites is 10. The van der Waals surface area contributed by atoms with E-state index in [1.807, 2.05) is 0 Å². The van der Waals surface area contributed by atoms with Crippen molar-refractivity contribution in [2.45, 2.75) is 0 Å². The number of anilines is 12. The fourth-order valence-corrected chi connectivity index (χ4v) is 15.8. The summed E-state index contributed by atoms with van der Waals surface area (Å²) in [5, 5.41) is 2.39. The lowest BCUT2D eigenvalue weighted by atomic mass is 9.33. The van der Waals surface area contributed by atoms with Crippen LogP contribution in [0.2, 0.25) is 0 Å². The van der Waals surface area contributed by atoms with Gasteiger partial charge in [0.2, 0.25) is 0 Å². The van der Waals surface area contributed by atoms with Crippen LogP contribution in [0.3, 0.4) is 0 Å². The van der Waals surface area contributed by atoms with E-state index in [0.717, 1.165) is 152 Å². The Morgan fingerprint density at radius 2 is 0.531 bits per heavy atom. The standard InChI is InChI=1S/C90H58BN5O2/c1-5-25-59(26-6-1)61-45-49-65(50-46-61)92-82-57-80(95-76-37-17-21-41-86(76)97-87-42-22-18-38-77(87)95)70(63-29-9-3-10-30-63)55-72(82)91-73-56-71(64-31-11-4-12-32-64)81(96-78-39-19-23-43-88(78)98-89-44-24-20-40-79(89)96)58-83(73)93(66-51-47-62(48-52-66)60-27-7-2-8-28-60)85-54-67(53-84(92)90(85)91)94-74-35-15-13-33-68(74)69-34-14-16-36-75(69)94/h1-58H. The van der Waals surface area contributed by atoms with Gasteiger partial charge in [-0.15, -0.1) is 0 Å². The van der Waals surface area contributed by atoms with Crippen molar-refractivity contribution in [2.24, 2.45) is 0 Å². The fourth-order valence-electron chi connectivity index (χ4n) is 15.8. The molecule has 4 aliphatic heterocycles. The van der Waals surface area contributed by atoms with Gasteiger partial charge in [0.15, 0.2) is 23.0 Å². The normalized spacial score (nSPS) is 13.0. The van der Waals surface area contributed by atoms with E-state index in [9.17, 15) is 0 Å². The lowest BCUT2D eigenvalue weighted by Gasteiger charge is -2.46. The summed E-state index contributed by atoms with van der Waals surface area (Å²) < 4.78 is 16.1. The predicted molar refractivity (Wildman–Crippen MR) is 406 cm³/mol. The van der Waals surface area contributed by atoms with E-state index in [1.54, 1.807) is 0 Å². The molecule has 0 bridgehead atoms. The summed E-state index contributed by atoms with van der Waals surface area (Å²) in [7, 11) is 0. The molecule has 15 aromatic carbocycles. The molecule has 16 aromatic rings. The van der Waals surface area contributed by atoms with Gasteiger partial charge in [-0.3, -0.25) is 0 Å². The van der Waals surface area contributed by atoms with Crippen molar-refractivity contribution < 1.29 is 9.47 Å². The highest BCUT2D eigenvalue weighted by atomic mass is 16.5. The Morgan fingerprint density at radius 3 is 0.908 bits per heavy atom. The van der Waals surface area contributed by atoms with Gasteiger partial charge >= 0.3 is 0 Å². The highest BCUT2D eigenvalue weighted by Gasteiger charge is 2.46. The number of benzene rings is 15. The van der Waals surface area contributed by atoms with Crippen LogP contribution in [0.1, 0.15) is 0 Å². The Balaban J connectivity index is 0.953. The minimum Gasteiger partial charge on any atom is -0.453 e. The van der Waals surface area contributed by atoms with Gasteiger partial charge in [-0.1, -0.05) is 243 Å². The number of fused-ring (bicyclic) bond motifs is 11. The summed E-state index contributed by atoms with van der Waals surface area (Å²) in [5.74, 6) is 3.15. The molecule has 0 saturated carbocycles. The SMILES string of the molecule is c1ccc(-c2ccc(N3c4cc(N5c6ccccc6Oc6ccccc65)c(-c5ccccc5)cc4B4c5cc(-c6ccccc6)c(N6c7ccccc7Oc7ccccc76)cc5N(c5ccc(-c6ccccc6)cc5)c5cc(-n6c7ccccc7c7ccccc76)cc3c54)cc2)cc1. The van der Waals surface area contributed by atoms with Crippen LogP contribution in [0, 0.1) is 0 Å². The van der Waals surface area contributed by atoms with Gasteiger partial charge < -0.3 is 33.6 Å². The lowest BCUT2D eigenvalue weighted by molar-refractivity contribution is 0.477. The first-order chi connectivity index (χ1) is 48.6. The van der Waals surface area contributed by atoms with Crippen molar-refractivity contribution in [1.29, 1.82) is 0 Å². The molecular weight excluding hydrogens is 1190 g/mol. The summed E-state index contributed by atoms with van der Waals surface area (Å²) >= 11 is 0. The third kappa shape index (κ3) is 8.71. The molecule has 1 aromatic heterocycles. The quantitative estimate of drug-likeness (QED) is 0.134. The zero-order chi connectivity index (χ0) is 64.4. The number of nitrogens with zero attached hydrogens (tertiary/aromatic N) is 5. The van der Waals surface area contributed by atoms with E-state index in [2.05, 4.69) is 376 Å². The number of rotatable bonds is 9. The molecule has 8 heteroatoms. The second kappa shape index (κ2) is 22.3. The maximum atomic E-state index is 6.82. The number of hydrogen-bond acceptors (Lipinski definition) is 6. The van der Waals surface area contributed by atoms with Crippen LogP contribution < -0.4 is 45.5 Å². The highest BCUT2D eigenvalue weighted by Crippen LogP contribution is 2.57. The second-order valence-electron chi connectivity index (χ2n) is 25.5. The van der Waals surface area contributed by atoms with Crippen LogP contribution in [-0.4, -0.2) is 11.3 Å². The molecule has 0 fully saturated rings. The summed E-state index contributed by atoms with van der Waals surface area (Å²) in [6, 6.07) is 128. The van der Waals surface area contributed by atoms with Crippen molar-refractivity contribution in [2.75, 3.05) is 19.6 Å². The lowest BCUT2D eigenvalue weighted by Crippen LogP contribution is -2.61. The molecule has 0 unspecified atom stereocenters. The Bertz CT molecular complexity index is 5400. The molecule has 0 aliphatic carbocycles. The predicted octanol–water partition coefficient (Wildman–Crippen LogP) is 22.7. The Hall–Kier alpha value is -13.0. The maximum absolute atomic E-state index is 6.82. The third-order valence-electron chi connectivity index (χ3n) is 20.1. The van der Waals surface area contributed by atoms with Gasteiger partial charge in [0, 0.05) is 56.0 Å². The van der Waals surface area contributed by atoms with Gasteiger partial charge in [0.25, 0.3) is 6.71 Å². The third-order valence-corrected chi connectivity index (χ3v) is 20.1. The number of hydrogen-bond donors (Lipinski definition) is 0. The monoisotopic (exact) mass is 1250 g/mol. The first-order valence-corrected chi connectivity index (χ1v) is 33.5. The summed E-state index contributed by atoms with van der Waals surface area (Å²) in [6.07, 6.45) is 0. The smallest absolute Gasteiger partial charge is 0.252 e. The largest absolute Gasteiger partial charge is 0.453 e. The topological polar surface area (TPSA) is 36.4 Å². The molecule has 7 nitrogen and oxygen atoms in total. The van der Waals surface area contributed by atoms with Crippen molar-refractivity contribution in [1.82, 2.24) is 4.57 Å². The molecule has 20 rings (SSSR count). The summed E-state index contributed by atoms with van der Waals surface area (Å²) in [4.78, 5) is 10.00. The van der Waals surface area contributed by atoms with Crippen molar-refractivity contribution in [3.05, 3.63) is 352 Å². The molecule has 0 amide bonds. The van der Waals surface area contributed by atoms with Crippen molar-refractivity contribution >= 4 is 113 Å². The van der Waals surface area contributed by atoms with Gasteiger partial charge in [-0.2, -0.15) is 0 Å². The van der Waals surface area contributed by atoms with Gasteiger partial charge in [-0.05, 0) is 159 Å². The molecule has 0 saturated heterocycles. The first-order valence-electron chi connectivity index (χ1n) is 33.5. The molecule has 0 N–H and O–H groups in total. The van der Waals surface area contributed by atoms with Crippen molar-refractivity contribution in [3.8, 4) is 73.2 Å². The number of aromatic nitrogens is 1. The van der Waals surface area contributed by atoms with Gasteiger partial charge in [0.1, 0.15) is 0 Å². The Morgan fingerprint density at radius 1 is 0.214 bits per heavy atom. The van der Waals surface area contributed by atoms with E-state index in [-0.39, 0.29) is 6.71 Å². The first kappa shape index (κ1) is 55.4. The number of ether oxygens (including phenoxy) is 2. The Labute approximate surface area is 568 Å². The minimum absolute atomic E-state index is 0.335. The van der Waals surface area contributed by atoms with Crippen LogP contribution in [0.4, 0.5) is 68.2 Å². The highest BCUT2D eigenvalue weighted by molar-refractivity contribution is 7.00. The van der Waals surface area contributed by atoms with Crippen LogP contribution in [0.15, 0.2) is 352 Å². The van der Waals surface area contributed by atoms with Crippen LogP contribution in [-0.2, 0) is 0 Å². The van der Waals surface area contributed by atoms with Crippen LogP contribution in [0.25, 0.3) is 72.0 Å². The molecule has 0 atom stereocenters. The average molecular weight is 1250 g/mol. The Kier molecular flexibility index (Phi) is 12.6. The van der Waals surface area contributed by atoms with Gasteiger partial charge in [-0.25, -0.2) is 0 Å². The van der Waals surface area contributed by atoms with Gasteiger partial charge in [0.05, 0.1) is 50.8 Å². The molecule has 0 spiro atoms. The average Bonchev–Trinajstić information content (AvgIpc) is 0.743. The van der Waals surface area contributed by atoms with Crippen molar-refractivity contribution in [3.63, 3.8) is 0 Å². The minimum atomic E-state index is -0.335. The fraction of sp³-hybridized carbons (Fsp3) is 0. The van der Waals surface area contributed by atoms with Crippen LogP contribution >= 0.6 is 0 Å². The van der Waals surface area contributed by atoms with E-state index in [1.165, 1.54) is 27.2 Å². The summed E-state index contributed by atoms with van der Waals surface area (Å²) in [5.41, 5.74) is 28.0. The second-order valence-corrected chi connectivity index (χ2v) is 25.5. The van der Waals surface area contributed by atoms with E-state index < -0.39 is 0 Å². The molecule has 4 aliphatic rings. The summed E-state index contributed by atoms with van der Waals surface area (Å²) in [6.45, 7) is -0.335.